The fourth-order valence-corrected chi connectivity index (χ4v) is 3.97. The van der Waals surface area contributed by atoms with Crippen molar-refractivity contribution in [2.75, 3.05) is 13.1 Å². The standard InChI is InChI=1S/C26H23FN4O2/c27-22-9-3-18(4-10-22)16-24(32)30-23-11-14-31(15-12-23)26(33)20-7-5-19(6-8-20)25-21(17-28)2-1-13-29-25/h1-10,13,23H,11-12,14-16H2,(H,30,32). The summed E-state index contributed by atoms with van der Waals surface area (Å²) in [5, 5.41) is 12.3. The normalized spacial score (nSPS) is 13.9. The summed E-state index contributed by atoms with van der Waals surface area (Å²) in [5.74, 6) is -0.484. The smallest absolute Gasteiger partial charge is 0.253 e. The number of nitrogens with zero attached hydrogens (tertiary/aromatic N) is 3. The maximum atomic E-state index is 13.0. The van der Waals surface area contributed by atoms with Crippen LogP contribution in [0.15, 0.2) is 66.9 Å². The minimum atomic E-state index is -0.325. The van der Waals surface area contributed by atoms with Crippen molar-refractivity contribution in [1.82, 2.24) is 15.2 Å². The van der Waals surface area contributed by atoms with E-state index in [1.807, 2.05) is 0 Å². The molecule has 0 saturated carbocycles. The Morgan fingerprint density at radius 2 is 1.76 bits per heavy atom. The molecule has 1 aromatic heterocycles. The lowest BCUT2D eigenvalue weighted by molar-refractivity contribution is -0.121. The summed E-state index contributed by atoms with van der Waals surface area (Å²) >= 11 is 0. The molecular formula is C26H23FN4O2. The number of rotatable bonds is 5. The van der Waals surface area contributed by atoms with Crippen LogP contribution in [0, 0.1) is 17.1 Å². The van der Waals surface area contributed by atoms with Crippen molar-refractivity contribution in [2.24, 2.45) is 0 Å². The predicted molar refractivity (Wildman–Crippen MR) is 122 cm³/mol. The minimum Gasteiger partial charge on any atom is -0.353 e. The van der Waals surface area contributed by atoms with Crippen molar-refractivity contribution in [3.05, 3.63) is 89.4 Å². The molecule has 2 heterocycles. The van der Waals surface area contributed by atoms with Crippen LogP contribution in [-0.2, 0) is 11.2 Å². The van der Waals surface area contributed by atoms with E-state index >= 15 is 0 Å². The Balaban J connectivity index is 1.30. The van der Waals surface area contributed by atoms with Gasteiger partial charge in [0.15, 0.2) is 0 Å². The minimum absolute atomic E-state index is 0.0120. The molecule has 0 radical (unpaired) electrons. The quantitative estimate of drug-likeness (QED) is 0.653. The Labute approximate surface area is 191 Å². The molecule has 1 aliphatic heterocycles. The SMILES string of the molecule is N#Cc1cccnc1-c1ccc(C(=O)N2CCC(NC(=O)Cc3ccc(F)cc3)CC2)cc1. The largest absolute Gasteiger partial charge is 0.353 e. The molecule has 1 aliphatic rings. The second-order valence-corrected chi connectivity index (χ2v) is 8.03. The fourth-order valence-electron chi connectivity index (χ4n) is 3.97. The maximum Gasteiger partial charge on any atom is 0.253 e. The molecule has 1 N–H and O–H groups in total. The van der Waals surface area contributed by atoms with E-state index < -0.39 is 0 Å². The van der Waals surface area contributed by atoms with Crippen molar-refractivity contribution >= 4 is 11.8 Å². The number of nitriles is 1. The number of halogens is 1. The molecule has 1 fully saturated rings. The monoisotopic (exact) mass is 442 g/mol. The van der Waals surface area contributed by atoms with Crippen LogP contribution >= 0.6 is 0 Å². The zero-order valence-electron chi connectivity index (χ0n) is 18.0. The van der Waals surface area contributed by atoms with Gasteiger partial charge < -0.3 is 10.2 Å². The molecule has 6 nitrogen and oxygen atoms in total. The zero-order chi connectivity index (χ0) is 23.2. The lowest BCUT2D eigenvalue weighted by Crippen LogP contribution is -2.46. The number of carbonyl (C=O) groups is 2. The lowest BCUT2D eigenvalue weighted by atomic mass is 10.0. The third kappa shape index (κ3) is 5.42. The van der Waals surface area contributed by atoms with Gasteiger partial charge in [0.05, 0.1) is 17.7 Å². The fraction of sp³-hybridized carbons (Fsp3) is 0.231. The third-order valence-electron chi connectivity index (χ3n) is 5.76. The second kappa shape index (κ2) is 10.0. The first-order valence-electron chi connectivity index (χ1n) is 10.8. The van der Waals surface area contributed by atoms with Crippen LogP contribution in [0.5, 0.6) is 0 Å². The predicted octanol–water partition coefficient (Wildman–Crippen LogP) is 3.72. The summed E-state index contributed by atoms with van der Waals surface area (Å²) in [7, 11) is 0. The van der Waals surface area contributed by atoms with Crippen LogP contribution in [0.2, 0.25) is 0 Å². The van der Waals surface area contributed by atoms with E-state index in [4.69, 9.17) is 0 Å². The van der Waals surface area contributed by atoms with Gasteiger partial charge in [-0.2, -0.15) is 5.26 Å². The van der Waals surface area contributed by atoms with Crippen molar-refractivity contribution in [3.63, 3.8) is 0 Å². The van der Waals surface area contributed by atoms with Crippen molar-refractivity contribution in [2.45, 2.75) is 25.3 Å². The molecule has 0 aliphatic carbocycles. The first-order valence-corrected chi connectivity index (χ1v) is 10.8. The molecule has 3 aromatic rings. The number of amides is 2. The number of nitrogens with one attached hydrogen (secondary N) is 1. The number of aromatic nitrogens is 1. The van der Waals surface area contributed by atoms with Crippen LogP contribution in [0.3, 0.4) is 0 Å². The van der Waals surface area contributed by atoms with Gasteiger partial charge in [0.1, 0.15) is 11.9 Å². The van der Waals surface area contributed by atoms with Gasteiger partial charge >= 0.3 is 0 Å². The third-order valence-corrected chi connectivity index (χ3v) is 5.76. The second-order valence-electron chi connectivity index (χ2n) is 8.03. The maximum absolute atomic E-state index is 13.0. The number of carbonyl (C=O) groups excluding carboxylic acids is 2. The van der Waals surface area contributed by atoms with E-state index in [1.54, 1.807) is 59.6 Å². The summed E-state index contributed by atoms with van der Waals surface area (Å²) < 4.78 is 13.0. The summed E-state index contributed by atoms with van der Waals surface area (Å²) in [6.07, 6.45) is 3.20. The molecule has 0 atom stereocenters. The molecule has 33 heavy (non-hydrogen) atoms. The van der Waals surface area contributed by atoms with Crippen LogP contribution in [0.25, 0.3) is 11.3 Å². The topological polar surface area (TPSA) is 86.1 Å². The summed E-state index contributed by atoms with van der Waals surface area (Å²) in [6, 6.07) is 18.6. The Bertz CT molecular complexity index is 1180. The number of hydrogen-bond acceptors (Lipinski definition) is 4. The van der Waals surface area contributed by atoms with E-state index in [1.165, 1.54) is 12.1 Å². The van der Waals surface area contributed by atoms with Crippen LogP contribution in [0.4, 0.5) is 4.39 Å². The van der Waals surface area contributed by atoms with Crippen molar-refractivity contribution < 1.29 is 14.0 Å². The van der Waals surface area contributed by atoms with Crippen LogP contribution in [0.1, 0.15) is 34.3 Å². The Kier molecular flexibility index (Phi) is 6.75. The number of likely N-dealkylation sites (tertiary alicyclic amines) is 1. The molecule has 4 rings (SSSR count). The Morgan fingerprint density at radius 1 is 1.06 bits per heavy atom. The molecular weight excluding hydrogens is 419 g/mol. The van der Waals surface area contributed by atoms with Crippen molar-refractivity contribution in [3.8, 4) is 17.3 Å². The summed E-state index contributed by atoms with van der Waals surface area (Å²) in [4.78, 5) is 31.3. The van der Waals surface area contributed by atoms with E-state index in [-0.39, 0.29) is 30.1 Å². The molecule has 7 heteroatoms. The molecule has 166 valence electrons. The molecule has 0 spiro atoms. The first kappa shape index (κ1) is 22.2. The highest BCUT2D eigenvalue weighted by molar-refractivity contribution is 5.94. The highest BCUT2D eigenvalue weighted by Crippen LogP contribution is 2.22. The van der Waals surface area contributed by atoms with Gasteiger partial charge in [-0.3, -0.25) is 14.6 Å². The van der Waals surface area contributed by atoms with Gasteiger partial charge in [-0.1, -0.05) is 24.3 Å². The highest BCUT2D eigenvalue weighted by atomic mass is 19.1. The van der Waals surface area contributed by atoms with Gasteiger partial charge in [0.25, 0.3) is 5.91 Å². The van der Waals surface area contributed by atoms with E-state index in [0.29, 0.717) is 42.8 Å². The zero-order valence-corrected chi connectivity index (χ0v) is 18.0. The highest BCUT2D eigenvalue weighted by Gasteiger charge is 2.24. The first-order chi connectivity index (χ1) is 16.0. The molecule has 2 amide bonds. The van der Waals surface area contributed by atoms with Crippen molar-refractivity contribution in [1.29, 1.82) is 5.26 Å². The van der Waals surface area contributed by atoms with Gasteiger partial charge in [0.2, 0.25) is 5.91 Å². The van der Waals surface area contributed by atoms with Gasteiger partial charge in [-0.15, -0.1) is 0 Å². The molecule has 2 aromatic carbocycles. The number of benzene rings is 2. The number of hydrogen-bond donors (Lipinski definition) is 1. The summed E-state index contributed by atoms with van der Waals surface area (Å²) in [6.45, 7) is 1.11. The van der Waals surface area contributed by atoms with Crippen LogP contribution < -0.4 is 5.32 Å². The average molecular weight is 442 g/mol. The number of piperidine rings is 1. The Hall–Kier alpha value is -4.05. The molecule has 0 bridgehead atoms. The van der Waals surface area contributed by atoms with E-state index in [9.17, 15) is 19.2 Å². The lowest BCUT2D eigenvalue weighted by Gasteiger charge is -2.32. The van der Waals surface area contributed by atoms with Gasteiger partial charge in [0, 0.05) is 36.5 Å². The average Bonchev–Trinajstić information content (AvgIpc) is 2.85. The van der Waals surface area contributed by atoms with Crippen LogP contribution in [-0.4, -0.2) is 40.8 Å². The molecule has 0 unspecified atom stereocenters. The number of pyridine rings is 1. The van der Waals surface area contributed by atoms with Gasteiger partial charge in [-0.25, -0.2) is 4.39 Å². The Morgan fingerprint density at radius 3 is 2.42 bits per heavy atom. The summed E-state index contributed by atoms with van der Waals surface area (Å²) in [5.41, 5.74) is 3.20. The van der Waals surface area contributed by atoms with E-state index in [2.05, 4.69) is 16.4 Å². The van der Waals surface area contributed by atoms with E-state index in [0.717, 1.165) is 11.1 Å². The molecule has 1 saturated heterocycles. The van der Waals surface area contributed by atoms with Gasteiger partial charge in [-0.05, 0) is 54.8 Å².